The summed E-state index contributed by atoms with van der Waals surface area (Å²) in [7, 11) is -3.65. The van der Waals surface area contributed by atoms with Gasteiger partial charge in [-0.1, -0.05) is 42.0 Å². The largest absolute Gasteiger partial charge is 0.468 e. The predicted molar refractivity (Wildman–Crippen MR) is 123 cm³/mol. The van der Waals surface area contributed by atoms with E-state index in [0.717, 1.165) is 24.9 Å². The summed E-state index contributed by atoms with van der Waals surface area (Å²) in [6, 6.07) is 18.2. The Hall–Kier alpha value is -3.16. The van der Waals surface area contributed by atoms with Gasteiger partial charge in [0.05, 0.1) is 23.7 Å². The Bertz CT molecular complexity index is 1200. The van der Waals surface area contributed by atoms with Gasteiger partial charge in [0.1, 0.15) is 5.76 Å². The molecule has 1 fully saturated rings. The van der Waals surface area contributed by atoms with Crippen molar-refractivity contribution >= 4 is 22.0 Å². The van der Waals surface area contributed by atoms with Crippen molar-refractivity contribution in [3.63, 3.8) is 0 Å². The molecule has 1 atom stereocenters. The van der Waals surface area contributed by atoms with Crippen molar-refractivity contribution in [3.8, 4) is 0 Å². The summed E-state index contributed by atoms with van der Waals surface area (Å²) >= 11 is 0. The third kappa shape index (κ3) is 5.18. The highest BCUT2D eigenvalue weighted by molar-refractivity contribution is 7.89. The van der Waals surface area contributed by atoms with Crippen molar-refractivity contribution in [2.45, 2.75) is 37.2 Å². The summed E-state index contributed by atoms with van der Waals surface area (Å²) in [5.41, 5.74) is 3.11. The van der Waals surface area contributed by atoms with Crippen LogP contribution in [0, 0.1) is 6.92 Å². The number of benzene rings is 2. The van der Waals surface area contributed by atoms with Crippen molar-refractivity contribution in [2.24, 2.45) is 0 Å². The number of nitrogens with zero attached hydrogens (tertiary/aromatic N) is 1. The first-order valence-corrected chi connectivity index (χ1v) is 12.1. The van der Waals surface area contributed by atoms with E-state index in [1.807, 2.05) is 11.0 Å². The van der Waals surface area contributed by atoms with E-state index in [4.69, 9.17) is 4.42 Å². The van der Waals surface area contributed by atoms with Gasteiger partial charge in [-0.25, -0.2) is 13.1 Å². The number of carbonyl (C=O) groups is 1. The minimum atomic E-state index is -3.65. The molecule has 1 aliphatic heterocycles. The Morgan fingerprint density at radius 1 is 1.16 bits per heavy atom. The molecule has 7 heteroatoms. The molecule has 6 nitrogen and oxygen atoms in total. The molecular weight excluding hydrogens is 424 g/mol. The Labute approximate surface area is 188 Å². The molecule has 2 aromatic carbocycles. The average molecular weight is 451 g/mol. The summed E-state index contributed by atoms with van der Waals surface area (Å²) < 4.78 is 32.5. The van der Waals surface area contributed by atoms with Crippen molar-refractivity contribution < 1.29 is 17.6 Å². The SMILES string of the molecule is Cc1cccc(C2CCCN2C(=O)C=Cc2ccc(S(=O)(=O)NCc3ccco3)cc2)c1. The van der Waals surface area contributed by atoms with Gasteiger partial charge in [-0.3, -0.25) is 4.79 Å². The minimum absolute atomic E-state index is 0.0363. The number of carbonyl (C=O) groups excluding carboxylic acids is 1. The summed E-state index contributed by atoms with van der Waals surface area (Å²) in [5, 5.41) is 0. The normalized spacial score (nSPS) is 16.7. The Kier molecular flexibility index (Phi) is 6.58. The van der Waals surface area contributed by atoms with Crippen LogP contribution in [0.25, 0.3) is 6.08 Å². The van der Waals surface area contributed by atoms with E-state index in [2.05, 4.69) is 29.8 Å². The lowest BCUT2D eigenvalue weighted by atomic mass is 10.0. The molecule has 0 aliphatic carbocycles. The van der Waals surface area contributed by atoms with Crippen LogP contribution >= 0.6 is 0 Å². The van der Waals surface area contributed by atoms with Crippen LogP contribution in [0.4, 0.5) is 0 Å². The van der Waals surface area contributed by atoms with Crippen LogP contribution < -0.4 is 4.72 Å². The first-order valence-electron chi connectivity index (χ1n) is 10.6. The Morgan fingerprint density at radius 2 is 1.97 bits per heavy atom. The van der Waals surface area contributed by atoms with Gasteiger partial charge in [-0.2, -0.15) is 0 Å². The Morgan fingerprint density at radius 3 is 2.69 bits per heavy atom. The lowest BCUT2D eigenvalue weighted by Crippen LogP contribution is -2.28. The Balaban J connectivity index is 1.40. The third-order valence-corrected chi connectivity index (χ3v) is 7.01. The van der Waals surface area contributed by atoms with E-state index in [1.165, 1.54) is 29.5 Å². The molecule has 2 heterocycles. The van der Waals surface area contributed by atoms with Gasteiger partial charge >= 0.3 is 0 Å². The highest BCUT2D eigenvalue weighted by Gasteiger charge is 2.28. The van der Waals surface area contributed by atoms with Crippen LogP contribution in [0.1, 0.15) is 41.3 Å². The summed E-state index contributed by atoms with van der Waals surface area (Å²) in [6.07, 6.45) is 6.72. The van der Waals surface area contributed by atoms with Crippen LogP contribution in [0.5, 0.6) is 0 Å². The second kappa shape index (κ2) is 9.54. The lowest BCUT2D eigenvalue weighted by Gasteiger charge is -2.24. The number of hydrogen-bond donors (Lipinski definition) is 1. The van der Waals surface area contributed by atoms with Gasteiger partial charge in [0.2, 0.25) is 15.9 Å². The highest BCUT2D eigenvalue weighted by atomic mass is 32.2. The quantitative estimate of drug-likeness (QED) is 0.540. The molecule has 3 aromatic rings. The summed E-state index contributed by atoms with van der Waals surface area (Å²) in [4.78, 5) is 14.9. The second-order valence-electron chi connectivity index (χ2n) is 7.91. The first kappa shape index (κ1) is 22.0. The standard InChI is InChI=1S/C25H26N2O4S/c1-19-5-2-6-21(17-19)24-8-3-15-27(24)25(28)14-11-20-9-12-23(13-10-20)32(29,30)26-18-22-7-4-16-31-22/h2,4-7,9-14,16-17,24,26H,3,8,15,18H2,1H3. The zero-order valence-electron chi connectivity index (χ0n) is 17.9. The van der Waals surface area contributed by atoms with Gasteiger partial charge in [0.25, 0.3) is 0 Å². The molecule has 1 amide bonds. The molecule has 0 radical (unpaired) electrons. The fourth-order valence-electron chi connectivity index (χ4n) is 3.94. The maximum atomic E-state index is 12.8. The molecule has 1 aliphatic rings. The maximum Gasteiger partial charge on any atom is 0.247 e. The second-order valence-corrected chi connectivity index (χ2v) is 9.68. The third-order valence-electron chi connectivity index (χ3n) is 5.59. The predicted octanol–water partition coefficient (Wildman–Crippen LogP) is 4.44. The monoisotopic (exact) mass is 450 g/mol. The van der Waals surface area contributed by atoms with E-state index >= 15 is 0 Å². The minimum Gasteiger partial charge on any atom is -0.468 e. The van der Waals surface area contributed by atoms with Gasteiger partial charge in [-0.15, -0.1) is 0 Å². The maximum absolute atomic E-state index is 12.8. The summed E-state index contributed by atoms with van der Waals surface area (Å²) in [5.74, 6) is 0.503. The molecule has 1 N–H and O–H groups in total. The van der Waals surface area contributed by atoms with E-state index in [9.17, 15) is 13.2 Å². The van der Waals surface area contributed by atoms with Crippen LogP contribution in [0.2, 0.25) is 0 Å². The van der Waals surface area contributed by atoms with Gasteiger partial charge in [0.15, 0.2) is 0 Å². The van der Waals surface area contributed by atoms with Crippen LogP contribution in [0.15, 0.2) is 82.3 Å². The number of amides is 1. The zero-order chi connectivity index (χ0) is 22.6. The molecule has 0 spiro atoms. The number of likely N-dealkylation sites (tertiary alicyclic amines) is 1. The smallest absolute Gasteiger partial charge is 0.247 e. The zero-order valence-corrected chi connectivity index (χ0v) is 18.7. The highest BCUT2D eigenvalue weighted by Crippen LogP contribution is 2.32. The molecule has 4 rings (SSSR count). The van der Waals surface area contributed by atoms with Crippen molar-refractivity contribution in [3.05, 3.63) is 95.5 Å². The van der Waals surface area contributed by atoms with E-state index in [1.54, 1.807) is 36.4 Å². The summed E-state index contributed by atoms with van der Waals surface area (Å²) in [6.45, 7) is 2.88. The fourth-order valence-corrected chi connectivity index (χ4v) is 4.93. The molecular formula is C25H26N2O4S. The van der Waals surface area contributed by atoms with Crippen molar-refractivity contribution in [1.29, 1.82) is 0 Å². The molecule has 1 saturated heterocycles. The molecule has 1 aromatic heterocycles. The van der Waals surface area contributed by atoms with Crippen molar-refractivity contribution in [1.82, 2.24) is 9.62 Å². The number of aryl methyl sites for hydroxylation is 1. The van der Waals surface area contributed by atoms with Crippen molar-refractivity contribution in [2.75, 3.05) is 6.54 Å². The van der Waals surface area contributed by atoms with E-state index in [-0.39, 0.29) is 23.4 Å². The lowest BCUT2D eigenvalue weighted by molar-refractivity contribution is -0.126. The first-order chi connectivity index (χ1) is 15.4. The van der Waals surface area contributed by atoms with Crippen LogP contribution in [-0.4, -0.2) is 25.8 Å². The van der Waals surface area contributed by atoms with Gasteiger partial charge in [-0.05, 0) is 61.2 Å². The number of sulfonamides is 1. The fraction of sp³-hybridized carbons (Fsp3) is 0.240. The number of rotatable bonds is 7. The van der Waals surface area contributed by atoms with Gasteiger partial charge in [0, 0.05) is 12.6 Å². The van der Waals surface area contributed by atoms with Gasteiger partial charge < -0.3 is 9.32 Å². The molecule has 0 bridgehead atoms. The number of nitrogens with one attached hydrogen (secondary N) is 1. The van der Waals surface area contributed by atoms with Crippen LogP contribution in [-0.2, 0) is 21.4 Å². The van der Waals surface area contributed by atoms with Crippen LogP contribution in [0.3, 0.4) is 0 Å². The van der Waals surface area contributed by atoms with E-state index in [0.29, 0.717) is 5.76 Å². The number of hydrogen-bond acceptors (Lipinski definition) is 4. The van der Waals surface area contributed by atoms with E-state index < -0.39 is 10.0 Å². The molecule has 1 unspecified atom stereocenters. The number of furan rings is 1. The molecule has 166 valence electrons. The topological polar surface area (TPSA) is 79.6 Å². The average Bonchev–Trinajstić information content (AvgIpc) is 3.49. The molecule has 32 heavy (non-hydrogen) atoms. The molecule has 0 saturated carbocycles.